The van der Waals surface area contributed by atoms with Gasteiger partial charge in [0, 0.05) is 10.2 Å². The first-order valence-corrected chi connectivity index (χ1v) is 13.0. The number of carbonyl (C=O) groups excluding carboxylic acids is 2. The van der Waals surface area contributed by atoms with E-state index in [-0.39, 0.29) is 25.0 Å². The number of carbonyl (C=O) groups is 2. The van der Waals surface area contributed by atoms with Crippen LogP contribution in [0.5, 0.6) is 5.75 Å². The van der Waals surface area contributed by atoms with Gasteiger partial charge in [0.2, 0.25) is 0 Å². The van der Waals surface area contributed by atoms with E-state index in [1.165, 1.54) is 0 Å². The summed E-state index contributed by atoms with van der Waals surface area (Å²) in [5.74, 6) is 0.000269. The first-order valence-electron chi connectivity index (χ1n) is 12.3. The maximum atomic E-state index is 13.5. The Kier molecular flexibility index (Phi) is 9.48. The van der Waals surface area contributed by atoms with E-state index in [1.807, 2.05) is 61.5 Å². The van der Waals surface area contributed by atoms with Crippen molar-refractivity contribution < 1.29 is 19.2 Å². The summed E-state index contributed by atoms with van der Waals surface area (Å²) in [6.45, 7) is 1.76. The van der Waals surface area contributed by atoms with Gasteiger partial charge in [0.05, 0.1) is 30.6 Å². The second-order valence-corrected chi connectivity index (χ2v) is 9.54. The van der Waals surface area contributed by atoms with Crippen LogP contribution in [0.4, 0.5) is 11.4 Å². The van der Waals surface area contributed by atoms with E-state index < -0.39 is 0 Å². The zero-order valence-electron chi connectivity index (χ0n) is 21.6. The zero-order valence-corrected chi connectivity index (χ0v) is 23.2. The molecular formula is C31H28BrN3O4. The number of hydrogen-bond acceptors (Lipinski definition) is 5. The van der Waals surface area contributed by atoms with Crippen molar-refractivity contribution in [2.75, 3.05) is 23.9 Å². The predicted molar refractivity (Wildman–Crippen MR) is 157 cm³/mol. The SMILES string of the molecule is COc1ccc(NC(=O)c2ccccc2N(Cc2ccc(Br)cc2)C(=O)CON=C(C)c2ccccc2)cc1. The molecule has 0 radical (unpaired) electrons. The molecule has 4 rings (SSSR count). The molecule has 7 nitrogen and oxygen atoms in total. The third kappa shape index (κ3) is 7.55. The van der Waals surface area contributed by atoms with E-state index >= 15 is 0 Å². The maximum Gasteiger partial charge on any atom is 0.268 e. The van der Waals surface area contributed by atoms with Crippen LogP contribution in [-0.4, -0.2) is 31.2 Å². The fraction of sp³-hybridized carbons (Fsp3) is 0.129. The van der Waals surface area contributed by atoms with E-state index in [4.69, 9.17) is 9.57 Å². The number of anilines is 2. The highest BCUT2D eigenvalue weighted by atomic mass is 79.9. The van der Waals surface area contributed by atoms with Crippen LogP contribution in [0.2, 0.25) is 0 Å². The van der Waals surface area contributed by atoms with Crippen LogP contribution >= 0.6 is 15.9 Å². The predicted octanol–water partition coefficient (Wildman–Crippen LogP) is 6.68. The average molecular weight is 586 g/mol. The molecule has 0 bridgehead atoms. The summed E-state index contributed by atoms with van der Waals surface area (Å²) in [4.78, 5) is 33.9. The molecule has 39 heavy (non-hydrogen) atoms. The van der Waals surface area contributed by atoms with Gasteiger partial charge in [-0.2, -0.15) is 0 Å². The first kappa shape index (κ1) is 27.6. The molecule has 2 amide bonds. The normalized spacial score (nSPS) is 11.0. The molecule has 198 valence electrons. The van der Waals surface area contributed by atoms with E-state index in [0.29, 0.717) is 28.4 Å². The number of halogens is 1. The highest BCUT2D eigenvalue weighted by molar-refractivity contribution is 9.10. The number of benzene rings is 4. The van der Waals surface area contributed by atoms with Crippen LogP contribution in [0.25, 0.3) is 0 Å². The Morgan fingerprint density at radius 1 is 0.872 bits per heavy atom. The molecule has 0 fully saturated rings. The minimum absolute atomic E-state index is 0.240. The fourth-order valence-electron chi connectivity index (χ4n) is 3.85. The van der Waals surface area contributed by atoms with Crippen molar-refractivity contribution in [2.24, 2.45) is 5.16 Å². The summed E-state index contributed by atoms with van der Waals surface area (Å²) < 4.78 is 6.12. The lowest BCUT2D eigenvalue weighted by molar-refractivity contribution is -0.123. The molecule has 0 aliphatic rings. The topological polar surface area (TPSA) is 80.2 Å². The van der Waals surface area contributed by atoms with Gasteiger partial charge < -0.3 is 19.8 Å². The highest BCUT2D eigenvalue weighted by Gasteiger charge is 2.23. The van der Waals surface area contributed by atoms with Crippen molar-refractivity contribution in [3.05, 3.63) is 124 Å². The molecule has 0 saturated heterocycles. The summed E-state index contributed by atoms with van der Waals surface area (Å²) in [6, 6.07) is 31.3. The largest absolute Gasteiger partial charge is 0.497 e. The average Bonchev–Trinajstić information content (AvgIpc) is 2.97. The number of nitrogens with one attached hydrogen (secondary N) is 1. The lowest BCUT2D eigenvalue weighted by Gasteiger charge is -2.25. The second kappa shape index (κ2) is 13.4. The Morgan fingerprint density at radius 3 is 2.23 bits per heavy atom. The lowest BCUT2D eigenvalue weighted by Crippen LogP contribution is -2.35. The van der Waals surface area contributed by atoms with Crippen molar-refractivity contribution >= 4 is 44.8 Å². The highest BCUT2D eigenvalue weighted by Crippen LogP contribution is 2.25. The molecular weight excluding hydrogens is 558 g/mol. The number of rotatable bonds is 10. The van der Waals surface area contributed by atoms with Gasteiger partial charge in [0.25, 0.3) is 11.8 Å². The number of amides is 2. The molecule has 0 heterocycles. The molecule has 4 aromatic rings. The number of methoxy groups -OCH3 is 1. The van der Waals surface area contributed by atoms with Crippen LogP contribution in [0, 0.1) is 0 Å². The number of ether oxygens (including phenoxy) is 1. The molecule has 0 aliphatic carbocycles. The van der Waals surface area contributed by atoms with Gasteiger partial charge in [0.15, 0.2) is 6.61 Å². The van der Waals surface area contributed by atoms with Gasteiger partial charge in [0.1, 0.15) is 5.75 Å². The standard InChI is InChI=1S/C31H28BrN3O4/c1-22(24-8-4-3-5-9-24)34-39-21-30(36)35(20-23-12-14-25(32)15-13-23)29-11-7-6-10-28(29)31(37)33-26-16-18-27(38-2)19-17-26/h3-19H,20-21H2,1-2H3,(H,33,37). The summed E-state index contributed by atoms with van der Waals surface area (Å²) in [5.41, 5.74) is 3.86. The number of nitrogens with zero attached hydrogens (tertiary/aromatic N) is 2. The van der Waals surface area contributed by atoms with Gasteiger partial charge in [-0.3, -0.25) is 9.59 Å². The van der Waals surface area contributed by atoms with Crippen LogP contribution in [0.3, 0.4) is 0 Å². The fourth-order valence-corrected chi connectivity index (χ4v) is 4.11. The van der Waals surface area contributed by atoms with Crippen molar-refractivity contribution in [3.63, 3.8) is 0 Å². The minimum Gasteiger partial charge on any atom is -0.497 e. The van der Waals surface area contributed by atoms with E-state index in [2.05, 4.69) is 26.4 Å². The van der Waals surface area contributed by atoms with Crippen LogP contribution in [0.15, 0.2) is 113 Å². The summed E-state index contributed by atoms with van der Waals surface area (Å²) in [7, 11) is 1.58. The first-order chi connectivity index (χ1) is 18.9. The third-order valence-electron chi connectivity index (χ3n) is 5.92. The Balaban J connectivity index is 1.58. The van der Waals surface area contributed by atoms with Gasteiger partial charge in [-0.25, -0.2) is 0 Å². The smallest absolute Gasteiger partial charge is 0.268 e. The Bertz CT molecular complexity index is 1440. The Labute approximate surface area is 236 Å². The molecule has 8 heteroatoms. The minimum atomic E-state index is -0.344. The van der Waals surface area contributed by atoms with Gasteiger partial charge in [-0.1, -0.05) is 75.7 Å². The van der Waals surface area contributed by atoms with Crippen molar-refractivity contribution in [1.29, 1.82) is 0 Å². The summed E-state index contributed by atoms with van der Waals surface area (Å²) >= 11 is 3.45. The summed E-state index contributed by atoms with van der Waals surface area (Å²) in [6.07, 6.45) is 0. The molecule has 4 aromatic carbocycles. The van der Waals surface area contributed by atoms with Gasteiger partial charge >= 0.3 is 0 Å². The molecule has 0 saturated carbocycles. The van der Waals surface area contributed by atoms with Crippen LogP contribution in [0.1, 0.15) is 28.4 Å². The monoisotopic (exact) mass is 585 g/mol. The molecule has 0 unspecified atom stereocenters. The van der Waals surface area contributed by atoms with Crippen molar-refractivity contribution in [1.82, 2.24) is 0 Å². The number of para-hydroxylation sites is 1. The molecule has 0 aromatic heterocycles. The van der Waals surface area contributed by atoms with Crippen molar-refractivity contribution in [2.45, 2.75) is 13.5 Å². The maximum absolute atomic E-state index is 13.5. The number of hydrogen-bond donors (Lipinski definition) is 1. The Hall–Kier alpha value is -4.43. The lowest BCUT2D eigenvalue weighted by atomic mass is 10.1. The van der Waals surface area contributed by atoms with Crippen LogP contribution in [-0.2, 0) is 16.2 Å². The van der Waals surface area contributed by atoms with E-state index in [0.717, 1.165) is 15.6 Å². The van der Waals surface area contributed by atoms with Gasteiger partial charge in [-0.05, 0) is 66.6 Å². The van der Waals surface area contributed by atoms with E-state index in [1.54, 1.807) is 60.5 Å². The van der Waals surface area contributed by atoms with Crippen molar-refractivity contribution in [3.8, 4) is 5.75 Å². The van der Waals surface area contributed by atoms with Gasteiger partial charge in [-0.15, -0.1) is 0 Å². The number of oxime groups is 1. The molecule has 0 atom stereocenters. The molecule has 0 spiro atoms. The quantitative estimate of drug-likeness (QED) is 0.166. The Morgan fingerprint density at radius 2 is 1.54 bits per heavy atom. The third-order valence-corrected chi connectivity index (χ3v) is 6.45. The van der Waals surface area contributed by atoms with Crippen LogP contribution < -0.4 is 15.0 Å². The molecule has 0 aliphatic heterocycles. The summed E-state index contributed by atoms with van der Waals surface area (Å²) in [5, 5.41) is 7.03. The zero-order chi connectivity index (χ0) is 27.6. The molecule has 1 N–H and O–H groups in total. The van der Waals surface area contributed by atoms with E-state index in [9.17, 15) is 9.59 Å². The second-order valence-electron chi connectivity index (χ2n) is 8.62.